The van der Waals surface area contributed by atoms with Gasteiger partial charge in [0.1, 0.15) is 0 Å². The van der Waals surface area contributed by atoms with E-state index in [1.54, 1.807) is 0 Å². The lowest BCUT2D eigenvalue weighted by Gasteiger charge is -2.17. The minimum absolute atomic E-state index is 0.277. The van der Waals surface area contributed by atoms with Gasteiger partial charge in [-0.3, -0.25) is 0 Å². The Morgan fingerprint density at radius 2 is 1.00 bits per heavy atom. The number of unbranched alkanes of at least 4 members (excludes halogenated alkanes) is 2. The molecule has 0 rings (SSSR count). The van der Waals surface area contributed by atoms with Crippen molar-refractivity contribution < 1.29 is 38.1 Å². The van der Waals surface area contributed by atoms with Gasteiger partial charge >= 0.3 is 23.9 Å². The molecule has 0 saturated heterocycles. The molecule has 0 amide bonds. The summed E-state index contributed by atoms with van der Waals surface area (Å²) >= 11 is 0. The predicted octanol–water partition coefficient (Wildman–Crippen LogP) is 4.93. The lowest BCUT2D eigenvalue weighted by atomic mass is 10.0. The first-order chi connectivity index (χ1) is 16.2. The van der Waals surface area contributed by atoms with Crippen molar-refractivity contribution in [2.24, 2.45) is 11.8 Å². The van der Waals surface area contributed by atoms with Crippen LogP contribution in [-0.4, -0.2) is 49.3 Å². The average molecular weight is 485 g/mol. The van der Waals surface area contributed by atoms with E-state index < -0.39 is 36.1 Å². The molecule has 8 heteroatoms. The molecule has 196 valence electrons. The molecular formula is C26H44O8. The van der Waals surface area contributed by atoms with Crippen molar-refractivity contribution in [2.75, 3.05) is 13.2 Å². The fourth-order valence-corrected chi connectivity index (χ4v) is 3.09. The van der Waals surface area contributed by atoms with Crippen LogP contribution in [-0.2, 0) is 38.1 Å². The Hall–Kier alpha value is -2.38. The van der Waals surface area contributed by atoms with Crippen molar-refractivity contribution in [3.05, 3.63) is 12.2 Å². The van der Waals surface area contributed by atoms with E-state index in [2.05, 4.69) is 13.8 Å². The lowest BCUT2D eigenvalue weighted by molar-refractivity contribution is -0.165. The first-order valence-corrected chi connectivity index (χ1v) is 12.6. The molecule has 0 spiro atoms. The number of carbonyl (C=O) groups excluding carboxylic acids is 4. The molecule has 0 unspecified atom stereocenters. The van der Waals surface area contributed by atoms with Crippen LogP contribution in [0, 0.1) is 11.8 Å². The van der Waals surface area contributed by atoms with Gasteiger partial charge in [0.15, 0.2) is 12.2 Å². The zero-order valence-electron chi connectivity index (χ0n) is 21.8. The van der Waals surface area contributed by atoms with Gasteiger partial charge in [-0.15, -0.1) is 0 Å². The topological polar surface area (TPSA) is 105 Å². The summed E-state index contributed by atoms with van der Waals surface area (Å²) in [4.78, 5) is 47.9. The van der Waals surface area contributed by atoms with E-state index in [-0.39, 0.29) is 25.0 Å². The highest BCUT2D eigenvalue weighted by molar-refractivity contribution is 5.93. The van der Waals surface area contributed by atoms with Gasteiger partial charge in [0.25, 0.3) is 0 Å². The van der Waals surface area contributed by atoms with Gasteiger partial charge in [0.05, 0.1) is 13.2 Å². The summed E-state index contributed by atoms with van der Waals surface area (Å²) in [6, 6.07) is 0. The van der Waals surface area contributed by atoms with Crippen LogP contribution in [0.5, 0.6) is 0 Å². The van der Waals surface area contributed by atoms with Gasteiger partial charge in [-0.2, -0.15) is 0 Å². The predicted molar refractivity (Wildman–Crippen MR) is 129 cm³/mol. The minimum Gasteiger partial charge on any atom is -0.463 e. The molecule has 0 heterocycles. The second kappa shape index (κ2) is 19.0. The van der Waals surface area contributed by atoms with E-state index in [1.807, 2.05) is 13.8 Å². The summed E-state index contributed by atoms with van der Waals surface area (Å²) in [6.07, 6.45) is 7.51. The SMILES string of the molecule is CCCC[C@@H](CC)COC(=O)[C@@H](C)OC(=O)/C=C/C(=O)O[C@@H](C)C(=O)OC[C@@H](CC)CCCC. The van der Waals surface area contributed by atoms with Gasteiger partial charge in [-0.25, -0.2) is 19.2 Å². The minimum atomic E-state index is -1.11. The molecule has 0 aliphatic rings. The molecule has 0 aromatic heterocycles. The molecule has 0 N–H and O–H groups in total. The summed E-state index contributed by atoms with van der Waals surface area (Å²) in [6.45, 7) is 11.7. The smallest absolute Gasteiger partial charge is 0.347 e. The van der Waals surface area contributed by atoms with E-state index in [0.29, 0.717) is 0 Å². The molecule has 0 fully saturated rings. The molecule has 0 aromatic carbocycles. The largest absolute Gasteiger partial charge is 0.463 e. The van der Waals surface area contributed by atoms with Crippen molar-refractivity contribution in [3.8, 4) is 0 Å². The average Bonchev–Trinajstić information content (AvgIpc) is 2.82. The first kappa shape index (κ1) is 31.6. The van der Waals surface area contributed by atoms with Crippen molar-refractivity contribution in [1.82, 2.24) is 0 Å². The Balaban J connectivity index is 4.40. The normalized spacial score (nSPS) is 14.6. The number of ether oxygens (including phenoxy) is 4. The molecule has 34 heavy (non-hydrogen) atoms. The van der Waals surface area contributed by atoms with Crippen LogP contribution in [0.15, 0.2) is 12.2 Å². The number of hydrogen-bond donors (Lipinski definition) is 0. The summed E-state index contributed by atoms with van der Waals surface area (Å²) in [5, 5.41) is 0. The highest BCUT2D eigenvalue weighted by atomic mass is 16.6. The zero-order valence-corrected chi connectivity index (χ0v) is 21.8. The van der Waals surface area contributed by atoms with Gasteiger partial charge in [0, 0.05) is 12.2 Å². The van der Waals surface area contributed by atoms with Crippen LogP contribution in [0.1, 0.15) is 92.9 Å². The lowest BCUT2D eigenvalue weighted by Crippen LogP contribution is -2.28. The maximum absolute atomic E-state index is 12.1. The number of rotatable bonds is 18. The Bertz CT molecular complexity index is 589. The third-order valence-electron chi connectivity index (χ3n) is 5.61. The van der Waals surface area contributed by atoms with Crippen LogP contribution in [0.25, 0.3) is 0 Å². The quantitative estimate of drug-likeness (QED) is 0.153. The van der Waals surface area contributed by atoms with E-state index in [4.69, 9.17) is 18.9 Å². The van der Waals surface area contributed by atoms with Gasteiger partial charge < -0.3 is 18.9 Å². The highest BCUT2D eigenvalue weighted by Crippen LogP contribution is 2.14. The highest BCUT2D eigenvalue weighted by Gasteiger charge is 2.21. The molecule has 0 aliphatic carbocycles. The van der Waals surface area contributed by atoms with Crippen LogP contribution in [0.4, 0.5) is 0 Å². The second-order valence-corrected chi connectivity index (χ2v) is 8.58. The van der Waals surface area contributed by atoms with Crippen LogP contribution < -0.4 is 0 Å². The fraction of sp³-hybridized carbons (Fsp3) is 0.769. The maximum Gasteiger partial charge on any atom is 0.347 e. The second-order valence-electron chi connectivity index (χ2n) is 8.58. The van der Waals surface area contributed by atoms with Crippen LogP contribution >= 0.6 is 0 Å². The summed E-state index contributed by atoms with van der Waals surface area (Å²) < 4.78 is 20.4. The van der Waals surface area contributed by atoms with E-state index in [0.717, 1.165) is 63.5 Å². The summed E-state index contributed by atoms with van der Waals surface area (Å²) in [5.41, 5.74) is 0. The van der Waals surface area contributed by atoms with Crippen molar-refractivity contribution in [1.29, 1.82) is 0 Å². The molecule has 0 aromatic rings. The maximum atomic E-state index is 12.1. The monoisotopic (exact) mass is 484 g/mol. The molecule has 0 aliphatic heterocycles. The molecule has 8 nitrogen and oxygen atoms in total. The van der Waals surface area contributed by atoms with E-state index in [9.17, 15) is 19.2 Å². The number of carbonyl (C=O) groups is 4. The Labute approximate surface area is 204 Å². The molecule has 4 atom stereocenters. The standard InChI is InChI=1S/C26H44O8/c1-7-11-13-21(9-3)17-31-25(29)19(5)33-23(27)15-16-24(28)34-20(6)26(30)32-18-22(10-4)14-12-8-2/h15-16,19-22H,7-14,17-18H2,1-6H3/b16-15+/t19-,20+,21-,22+. The van der Waals surface area contributed by atoms with Crippen molar-refractivity contribution >= 4 is 23.9 Å². The number of esters is 4. The Morgan fingerprint density at radius 3 is 1.29 bits per heavy atom. The first-order valence-electron chi connectivity index (χ1n) is 12.6. The van der Waals surface area contributed by atoms with Crippen LogP contribution in [0.3, 0.4) is 0 Å². The van der Waals surface area contributed by atoms with Crippen molar-refractivity contribution in [3.63, 3.8) is 0 Å². The molecule has 0 radical (unpaired) electrons. The van der Waals surface area contributed by atoms with E-state index in [1.165, 1.54) is 13.8 Å². The third-order valence-corrected chi connectivity index (χ3v) is 5.61. The molecular weight excluding hydrogens is 440 g/mol. The van der Waals surface area contributed by atoms with Crippen molar-refractivity contribution in [2.45, 2.75) is 105 Å². The molecule has 0 bridgehead atoms. The van der Waals surface area contributed by atoms with Gasteiger partial charge in [-0.05, 0) is 38.5 Å². The Morgan fingerprint density at radius 1 is 0.647 bits per heavy atom. The fourth-order valence-electron chi connectivity index (χ4n) is 3.09. The van der Waals surface area contributed by atoms with Crippen LogP contribution in [0.2, 0.25) is 0 Å². The zero-order chi connectivity index (χ0) is 25.9. The Kier molecular flexibility index (Phi) is 17.7. The van der Waals surface area contributed by atoms with E-state index >= 15 is 0 Å². The number of hydrogen-bond acceptors (Lipinski definition) is 8. The van der Waals surface area contributed by atoms with Gasteiger partial charge in [-0.1, -0.05) is 66.2 Å². The summed E-state index contributed by atoms with van der Waals surface area (Å²) in [5.74, 6) is -2.51. The third kappa shape index (κ3) is 14.7. The molecule has 0 saturated carbocycles. The summed E-state index contributed by atoms with van der Waals surface area (Å²) in [7, 11) is 0. The van der Waals surface area contributed by atoms with Gasteiger partial charge in [0.2, 0.25) is 0 Å².